The number of para-hydroxylation sites is 1. The minimum atomic E-state index is -0.787. The molecular formula is C14H19NO3. The third-order valence-electron chi connectivity index (χ3n) is 3.46. The molecule has 2 N–H and O–H groups in total. The fourth-order valence-corrected chi connectivity index (χ4v) is 2.33. The quantitative estimate of drug-likeness (QED) is 0.859. The van der Waals surface area contributed by atoms with E-state index in [1.54, 1.807) is 0 Å². The fourth-order valence-electron chi connectivity index (χ4n) is 2.33. The summed E-state index contributed by atoms with van der Waals surface area (Å²) in [4.78, 5) is 11.4. The van der Waals surface area contributed by atoms with Gasteiger partial charge in [0.1, 0.15) is 6.04 Å². The van der Waals surface area contributed by atoms with E-state index in [4.69, 9.17) is 4.74 Å². The third-order valence-corrected chi connectivity index (χ3v) is 3.46. The Morgan fingerprint density at radius 2 is 2.06 bits per heavy atom. The molecule has 0 aliphatic carbocycles. The zero-order valence-electron chi connectivity index (χ0n) is 10.6. The molecule has 1 unspecified atom stereocenters. The highest BCUT2D eigenvalue weighted by Gasteiger charge is 2.29. The molecule has 0 amide bonds. The number of aliphatic carboxylic acids is 1. The van der Waals surface area contributed by atoms with Crippen molar-refractivity contribution in [2.75, 3.05) is 18.5 Å². The lowest BCUT2D eigenvalue weighted by atomic mass is 9.91. The van der Waals surface area contributed by atoms with Crippen LogP contribution < -0.4 is 5.32 Å². The van der Waals surface area contributed by atoms with Gasteiger partial charge in [-0.05, 0) is 37.3 Å². The van der Waals surface area contributed by atoms with Gasteiger partial charge in [0.05, 0.1) is 0 Å². The Kier molecular flexibility index (Phi) is 4.20. The number of carboxylic acids is 1. The number of aryl methyl sites for hydroxylation is 1. The van der Waals surface area contributed by atoms with E-state index in [2.05, 4.69) is 5.32 Å². The zero-order valence-corrected chi connectivity index (χ0v) is 10.6. The molecule has 1 aliphatic heterocycles. The van der Waals surface area contributed by atoms with Crippen LogP contribution in [0.5, 0.6) is 0 Å². The second-order valence-electron chi connectivity index (χ2n) is 4.72. The summed E-state index contributed by atoms with van der Waals surface area (Å²) >= 11 is 0. The molecule has 1 saturated heterocycles. The summed E-state index contributed by atoms with van der Waals surface area (Å²) in [6, 6.07) is 7.23. The van der Waals surface area contributed by atoms with Gasteiger partial charge >= 0.3 is 5.97 Å². The van der Waals surface area contributed by atoms with Crippen LogP contribution in [0.1, 0.15) is 18.4 Å². The van der Waals surface area contributed by atoms with Gasteiger partial charge in [-0.15, -0.1) is 0 Å². The summed E-state index contributed by atoms with van der Waals surface area (Å²) in [6.07, 6.45) is 1.60. The monoisotopic (exact) mass is 249 g/mol. The van der Waals surface area contributed by atoms with Crippen molar-refractivity contribution in [2.24, 2.45) is 5.92 Å². The minimum absolute atomic E-state index is 0.135. The molecule has 18 heavy (non-hydrogen) atoms. The first-order valence-corrected chi connectivity index (χ1v) is 6.31. The van der Waals surface area contributed by atoms with Gasteiger partial charge in [-0.25, -0.2) is 4.79 Å². The summed E-state index contributed by atoms with van der Waals surface area (Å²) in [5.41, 5.74) is 1.97. The molecule has 98 valence electrons. The van der Waals surface area contributed by atoms with E-state index in [0.29, 0.717) is 13.2 Å². The van der Waals surface area contributed by atoms with E-state index < -0.39 is 12.0 Å². The Morgan fingerprint density at radius 1 is 1.39 bits per heavy atom. The predicted octanol–water partition coefficient (Wildman–Crippen LogP) is 2.29. The molecule has 0 bridgehead atoms. The standard InChI is InChI=1S/C14H19NO3/c1-10-4-2-3-5-12(10)15-13(14(16)17)11-6-8-18-9-7-11/h2-5,11,13,15H,6-9H2,1H3,(H,16,17). The van der Waals surface area contributed by atoms with Crippen molar-refractivity contribution in [1.82, 2.24) is 0 Å². The Hall–Kier alpha value is -1.55. The van der Waals surface area contributed by atoms with Crippen LogP contribution in [-0.2, 0) is 9.53 Å². The summed E-state index contributed by atoms with van der Waals surface area (Å²) in [5, 5.41) is 12.5. The number of hydrogen-bond donors (Lipinski definition) is 2. The topological polar surface area (TPSA) is 58.6 Å². The van der Waals surface area contributed by atoms with Gasteiger partial charge in [-0.1, -0.05) is 18.2 Å². The van der Waals surface area contributed by atoms with Crippen LogP contribution in [0.3, 0.4) is 0 Å². The van der Waals surface area contributed by atoms with E-state index >= 15 is 0 Å². The molecule has 4 heteroatoms. The first-order valence-electron chi connectivity index (χ1n) is 6.31. The van der Waals surface area contributed by atoms with Gasteiger partial charge in [-0.3, -0.25) is 0 Å². The van der Waals surface area contributed by atoms with Crippen LogP contribution in [0.15, 0.2) is 24.3 Å². The number of carboxylic acid groups (broad SMARTS) is 1. The number of ether oxygens (including phenoxy) is 1. The maximum atomic E-state index is 11.4. The molecule has 1 heterocycles. The number of hydrogen-bond acceptors (Lipinski definition) is 3. The molecule has 0 aromatic heterocycles. The number of nitrogens with one attached hydrogen (secondary N) is 1. The van der Waals surface area contributed by atoms with Crippen LogP contribution in [0.4, 0.5) is 5.69 Å². The average molecular weight is 249 g/mol. The third kappa shape index (κ3) is 3.01. The van der Waals surface area contributed by atoms with Crippen molar-refractivity contribution in [3.8, 4) is 0 Å². The molecule has 1 atom stereocenters. The molecule has 0 saturated carbocycles. The van der Waals surface area contributed by atoms with Gasteiger partial charge in [-0.2, -0.15) is 0 Å². The molecule has 1 aromatic carbocycles. The maximum absolute atomic E-state index is 11.4. The Morgan fingerprint density at radius 3 is 2.67 bits per heavy atom. The van der Waals surface area contributed by atoms with Crippen molar-refractivity contribution in [3.05, 3.63) is 29.8 Å². The first-order chi connectivity index (χ1) is 8.68. The Bertz CT molecular complexity index is 413. The summed E-state index contributed by atoms with van der Waals surface area (Å²) in [6.45, 7) is 3.29. The molecule has 1 fully saturated rings. The highest BCUT2D eigenvalue weighted by molar-refractivity contribution is 5.78. The predicted molar refractivity (Wildman–Crippen MR) is 69.8 cm³/mol. The Labute approximate surface area is 107 Å². The van der Waals surface area contributed by atoms with Crippen molar-refractivity contribution < 1.29 is 14.6 Å². The lowest BCUT2D eigenvalue weighted by molar-refractivity contribution is -0.140. The van der Waals surface area contributed by atoms with E-state index in [-0.39, 0.29) is 5.92 Å². The van der Waals surface area contributed by atoms with Crippen LogP contribution in [0, 0.1) is 12.8 Å². The molecule has 4 nitrogen and oxygen atoms in total. The summed E-state index contributed by atoms with van der Waals surface area (Å²) < 4.78 is 5.28. The van der Waals surface area contributed by atoms with Crippen LogP contribution in [0.2, 0.25) is 0 Å². The lowest BCUT2D eigenvalue weighted by Gasteiger charge is -2.29. The van der Waals surface area contributed by atoms with E-state index in [0.717, 1.165) is 24.1 Å². The Balaban J connectivity index is 2.11. The van der Waals surface area contributed by atoms with E-state index in [9.17, 15) is 9.90 Å². The first kappa shape index (κ1) is 12.9. The van der Waals surface area contributed by atoms with Crippen molar-refractivity contribution >= 4 is 11.7 Å². The molecule has 2 rings (SSSR count). The zero-order chi connectivity index (χ0) is 13.0. The largest absolute Gasteiger partial charge is 0.480 e. The smallest absolute Gasteiger partial charge is 0.326 e. The van der Waals surface area contributed by atoms with Crippen molar-refractivity contribution in [3.63, 3.8) is 0 Å². The van der Waals surface area contributed by atoms with E-state index in [1.165, 1.54) is 0 Å². The maximum Gasteiger partial charge on any atom is 0.326 e. The lowest BCUT2D eigenvalue weighted by Crippen LogP contribution is -2.39. The van der Waals surface area contributed by atoms with Crippen molar-refractivity contribution in [2.45, 2.75) is 25.8 Å². The van der Waals surface area contributed by atoms with Crippen LogP contribution in [-0.4, -0.2) is 30.3 Å². The number of benzene rings is 1. The van der Waals surface area contributed by atoms with Crippen LogP contribution >= 0.6 is 0 Å². The minimum Gasteiger partial charge on any atom is -0.480 e. The van der Waals surface area contributed by atoms with Crippen molar-refractivity contribution in [1.29, 1.82) is 0 Å². The fraction of sp³-hybridized carbons (Fsp3) is 0.500. The highest BCUT2D eigenvalue weighted by Crippen LogP contribution is 2.23. The SMILES string of the molecule is Cc1ccccc1NC(C(=O)O)C1CCOCC1. The molecule has 0 spiro atoms. The van der Waals surface area contributed by atoms with Gasteiger partial charge in [0.2, 0.25) is 0 Å². The number of rotatable bonds is 4. The summed E-state index contributed by atoms with van der Waals surface area (Å²) in [5.74, 6) is -0.652. The highest BCUT2D eigenvalue weighted by atomic mass is 16.5. The molecule has 1 aliphatic rings. The summed E-state index contributed by atoms with van der Waals surface area (Å²) in [7, 11) is 0. The number of anilines is 1. The van der Waals surface area contributed by atoms with Crippen LogP contribution in [0.25, 0.3) is 0 Å². The molecule has 1 aromatic rings. The molecule has 0 radical (unpaired) electrons. The van der Waals surface area contributed by atoms with Gasteiger partial charge < -0.3 is 15.2 Å². The second-order valence-corrected chi connectivity index (χ2v) is 4.72. The second kappa shape index (κ2) is 5.87. The van der Waals surface area contributed by atoms with Gasteiger partial charge in [0.25, 0.3) is 0 Å². The number of carbonyl (C=O) groups is 1. The average Bonchev–Trinajstić information content (AvgIpc) is 2.38. The normalized spacial score (nSPS) is 18.3. The molecular weight excluding hydrogens is 230 g/mol. The van der Waals surface area contributed by atoms with Gasteiger partial charge in [0, 0.05) is 18.9 Å². The van der Waals surface area contributed by atoms with E-state index in [1.807, 2.05) is 31.2 Å². The van der Waals surface area contributed by atoms with Gasteiger partial charge in [0.15, 0.2) is 0 Å².